The number of hydrogen-bond acceptors (Lipinski definition) is 3. The number of carbonyl (C=O) groups is 2. The summed E-state index contributed by atoms with van der Waals surface area (Å²) in [7, 11) is 1.88. The van der Waals surface area contributed by atoms with E-state index < -0.39 is 0 Å². The van der Waals surface area contributed by atoms with E-state index in [2.05, 4.69) is 4.98 Å². The molecule has 1 aromatic heterocycles. The molecule has 2 fully saturated rings. The summed E-state index contributed by atoms with van der Waals surface area (Å²) in [6, 6.07) is 12.1. The molecule has 5 heteroatoms. The zero-order valence-corrected chi connectivity index (χ0v) is 15.2. The summed E-state index contributed by atoms with van der Waals surface area (Å²) in [6.07, 6.45) is 3.15. The maximum absolute atomic E-state index is 13.4. The lowest BCUT2D eigenvalue weighted by Crippen LogP contribution is -2.47. The third kappa shape index (κ3) is 2.77. The molecule has 26 heavy (non-hydrogen) atoms. The lowest BCUT2D eigenvalue weighted by atomic mass is 9.91. The predicted molar refractivity (Wildman–Crippen MR) is 99.6 cm³/mol. The monoisotopic (exact) mass is 349 g/mol. The van der Waals surface area contributed by atoms with Gasteiger partial charge in [-0.2, -0.15) is 0 Å². The molecule has 0 saturated carbocycles. The van der Waals surface area contributed by atoms with Crippen molar-refractivity contribution in [3.05, 3.63) is 53.9 Å². The highest BCUT2D eigenvalue weighted by Crippen LogP contribution is 2.33. The van der Waals surface area contributed by atoms with Crippen molar-refractivity contribution in [1.82, 2.24) is 14.8 Å². The Balaban J connectivity index is 1.64. The van der Waals surface area contributed by atoms with Gasteiger partial charge in [-0.15, -0.1) is 0 Å². The van der Waals surface area contributed by atoms with Crippen LogP contribution < -0.4 is 0 Å². The highest BCUT2D eigenvalue weighted by Gasteiger charge is 2.42. The molecule has 0 aliphatic carbocycles. The smallest absolute Gasteiger partial charge is 0.256 e. The van der Waals surface area contributed by atoms with Crippen LogP contribution in [0.2, 0.25) is 0 Å². The van der Waals surface area contributed by atoms with E-state index in [1.54, 1.807) is 6.20 Å². The van der Waals surface area contributed by atoms with Crippen molar-refractivity contribution in [2.75, 3.05) is 20.1 Å². The molecule has 5 nitrogen and oxygen atoms in total. The van der Waals surface area contributed by atoms with Crippen molar-refractivity contribution >= 4 is 11.8 Å². The number of nitrogens with zero attached hydrogens (tertiary/aromatic N) is 3. The number of likely N-dealkylation sites (tertiary alicyclic amines) is 2. The van der Waals surface area contributed by atoms with Crippen LogP contribution in [0, 0.1) is 12.8 Å². The summed E-state index contributed by atoms with van der Waals surface area (Å²) in [4.78, 5) is 33.5. The van der Waals surface area contributed by atoms with Gasteiger partial charge in [0.2, 0.25) is 5.91 Å². The van der Waals surface area contributed by atoms with Crippen LogP contribution in [0.1, 0.15) is 28.9 Å². The average molecular weight is 349 g/mol. The van der Waals surface area contributed by atoms with Gasteiger partial charge < -0.3 is 9.80 Å². The number of fused-ring (bicyclic) bond motifs is 1. The van der Waals surface area contributed by atoms with Gasteiger partial charge in [0.25, 0.3) is 5.91 Å². The first kappa shape index (κ1) is 16.8. The standard InChI is InChI=1S/C21H23N3O2/c1-14-20(17(8-10-22-14)15-6-4-3-5-7-15)21(26)24-11-9-18-16(13-24)12-19(25)23(18)2/h3-8,10,16,18H,9,11-13H2,1-2H3/t16-,18+/m1/s1. The summed E-state index contributed by atoms with van der Waals surface area (Å²) in [6.45, 7) is 3.21. The van der Waals surface area contributed by atoms with Crippen molar-refractivity contribution in [3.8, 4) is 11.1 Å². The van der Waals surface area contributed by atoms with Crippen molar-refractivity contribution in [2.24, 2.45) is 5.92 Å². The van der Waals surface area contributed by atoms with E-state index in [0.717, 1.165) is 23.2 Å². The number of rotatable bonds is 2. The number of piperidine rings is 1. The Kier molecular flexibility index (Phi) is 4.23. The predicted octanol–water partition coefficient (Wildman–Crippen LogP) is 2.75. The lowest BCUT2D eigenvalue weighted by molar-refractivity contribution is -0.127. The zero-order chi connectivity index (χ0) is 18.3. The van der Waals surface area contributed by atoms with Gasteiger partial charge >= 0.3 is 0 Å². The molecule has 134 valence electrons. The van der Waals surface area contributed by atoms with E-state index in [1.165, 1.54) is 0 Å². The minimum atomic E-state index is 0.0231. The Morgan fingerprint density at radius 3 is 2.73 bits per heavy atom. The largest absolute Gasteiger partial charge is 0.342 e. The molecule has 2 aromatic rings. The fraction of sp³-hybridized carbons (Fsp3) is 0.381. The second-order valence-corrected chi connectivity index (χ2v) is 7.26. The van der Waals surface area contributed by atoms with E-state index in [4.69, 9.17) is 0 Å². The third-order valence-corrected chi connectivity index (χ3v) is 5.75. The van der Waals surface area contributed by atoms with Gasteiger partial charge in [0.15, 0.2) is 0 Å². The Labute approximate surface area is 153 Å². The van der Waals surface area contributed by atoms with Gasteiger partial charge in [0, 0.05) is 44.7 Å². The Hall–Kier alpha value is -2.69. The SMILES string of the molecule is Cc1nccc(-c2ccccc2)c1C(=O)N1CC[C@H]2[C@H](CC(=O)N2C)C1. The number of carbonyl (C=O) groups excluding carboxylic acids is 2. The molecule has 0 spiro atoms. The second-order valence-electron chi connectivity index (χ2n) is 7.26. The normalized spacial score (nSPS) is 22.5. The number of aryl methyl sites for hydroxylation is 1. The summed E-state index contributed by atoms with van der Waals surface area (Å²) in [5.41, 5.74) is 3.37. The minimum Gasteiger partial charge on any atom is -0.342 e. The molecule has 2 aliphatic heterocycles. The van der Waals surface area contributed by atoms with Crippen LogP contribution in [0.3, 0.4) is 0 Å². The highest BCUT2D eigenvalue weighted by atomic mass is 16.2. The Bertz CT molecular complexity index is 850. The molecule has 0 radical (unpaired) electrons. The fourth-order valence-corrected chi connectivity index (χ4v) is 4.32. The number of amides is 2. The molecule has 2 atom stereocenters. The van der Waals surface area contributed by atoms with Crippen LogP contribution in [0.25, 0.3) is 11.1 Å². The van der Waals surface area contributed by atoms with Crippen molar-refractivity contribution in [3.63, 3.8) is 0 Å². The van der Waals surface area contributed by atoms with Crippen LogP contribution in [-0.2, 0) is 4.79 Å². The van der Waals surface area contributed by atoms with Crippen molar-refractivity contribution < 1.29 is 9.59 Å². The van der Waals surface area contributed by atoms with E-state index in [0.29, 0.717) is 25.1 Å². The average Bonchev–Trinajstić information content (AvgIpc) is 2.95. The van der Waals surface area contributed by atoms with E-state index in [1.807, 2.05) is 60.2 Å². The van der Waals surface area contributed by atoms with Gasteiger partial charge in [0.05, 0.1) is 11.3 Å². The number of pyridine rings is 1. The van der Waals surface area contributed by atoms with E-state index >= 15 is 0 Å². The minimum absolute atomic E-state index is 0.0231. The lowest BCUT2D eigenvalue weighted by Gasteiger charge is -2.37. The number of aromatic nitrogens is 1. The quantitative estimate of drug-likeness (QED) is 0.838. The summed E-state index contributed by atoms with van der Waals surface area (Å²) in [5, 5.41) is 0. The summed E-state index contributed by atoms with van der Waals surface area (Å²) in [5.74, 6) is 0.453. The van der Waals surface area contributed by atoms with Gasteiger partial charge in [-0.25, -0.2) is 0 Å². The first-order valence-corrected chi connectivity index (χ1v) is 9.12. The number of hydrogen-bond donors (Lipinski definition) is 0. The molecule has 2 amide bonds. The molecular weight excluding hydrogens is 326 g/mol. The van der Waals surface area contributed by atoms with Crippen LogP contribution >= 0.6 is 0 Å². The first-order chi connectivity index (χ1) is 12.6. The van der Waals surface area contributed by atoms with E-state index in [9.17, 15) is 9.59 Å². The van der Waals surface area contributed by atoms with Gasteiger partial charge in [-0.1, -0.05) is 30.3 Å². The first-order valence-electron chi connectivity index (χ1n) is 9.12. The van der Waals surface area contributed by atoms with Crippen molar-refractivity contribution in [1.29, 1.82) is 0 Å². The topological polar surface area (TPSA) is 53.5 Å². The summed E-state index contributed by atoms with van der Waals surface area (Å²) < 4.78 is 0. The van der Waals surface area contributed by atoms with Gasteiger partial charge in [-0.3, -0.25) is 14.6 Å². The maximum atomic E-state index is 13.4. The van der Waals surface area contributed by atoms with Gasteiger partial charge in [-0.05, 0) is 30.5 Å². The third-order valence-electron chi connectivity index (χ3n) is 5.75. The molecule has 3 heterocycles. The fourth-order valence-electron chi connectivity index (χ4n) is 4.32. The van der Waals surface area contributed by atoms with Crippen LogP contribution in [0.15, 0.2) is 42.6 Å². The van der Waals surface area contributed by atoms with Crippen LogP contribution in [-0.4, -0.2) is 52.8 Å². The Morgan fingerprint density at radius 1 is 1.19 bits per heavy atom. The van der Waals surface area contributed by atoms with Crippen molar-refractivity contribution in [2.45, 2.75) is 25.8 Å². The van der Waals surface area contributed by atoms with Crippen LogP contribution in [0.4, 0.5) is 0 Å². The zero-order valence-electron chi connectivity index (χ0n) is 15.2. The molecule has 1 aromatic carbocycles. The molecule has 0 bridgehead atoms. The maximum Gasteiger partial charge on any atom is 0.256 e. The van der Waals surface area contributed by atoms with E-state index in [-0.39, 0.29) is 23.8 Å². The highest BCUT2D eigenvalue weighted by molar-refractivity contribution is 6.02. The Morgan fingerprint density at radius 2 is 1.96 bits per heavy atom. The second kappa shape index (κ2) is 6.56. The number of benzene rings is 1. The molecular formula is C21H23N3O2. The van der Waals surface area contributed by atoms with Gasteiger partial charge in [0.1, 0.15) is 0 Å². The molecule has 2 saturated heterocycles. The molecule has 4 rings (SSSR count). The van der Waals surface area contributed by atoms with Crippen LogP contribution in [0.5, 0.6) is 0 Å². The molecule has 0 unspecified atom stereocenters. The molecule has 2 aliphatic rings. The summed E-state index contributed by atoms with van der Waals surface area (Å²) >= 11 is 0. The molecule has 0 N–H and O–H groups in total.